The number of aliphatic hydroxyl groups excluding tert-OH is 1. The molecule has 118 valence electrons. The normalized spacial score (nSPS) is 27.4. The minimum absolute atomic E-state index is 0.136. The average molecular weight is 318 g/mol. The molecule has 0 aromatic carbocycles. The van der Waals surface area contributed by atoms with Gasteiger partial charge in [-0.05, 0) is 24.3 Å². The lowest BCUT2D eigenvalue weighted by Crippen LogP contribution is -2.54. The number of nitrogens with zero attached hydrogens (tertiary/aromatic N) is 4. The van der Waals surface area contributed by atoms with Crippen molar-refractivity contribution in [3.63, 3.8) is 0 Å². The van der Waals surface area contributed by atoms with E-state index in [9.17, 15) is 5.11 Å². The molecule has 2 aliphatic rings. The molecule has 2 atom stereocenters. The van der Waals surface area contributed by atoms with Gasteiger partial charge in [-0.25, -0.2) is 9.97 Å². The zero-order chi connectivity index (χ0) is 14.9. The maximum Gasteiger partial charge on any atom is 0.150 e. The van der Waals surface area contributed by atoms with Crippen LogP contribution in [0.1, 0.15) is 25.7 Å². The van der Waals surface area contributed by atoms with E-state index in [2.05, 4.69) is 31.2 Å². The Morgan fingerprint density at radius 2 is 1.91 bits per heavy atom. The highest BCUT2D eigenvalue weighted by Gasteiger charge is 2.31. The molecule has 2 fully saturated rings. The second-order valence-corrected chi connectivity index (χ2v) is 7.19. The Balaban J connectivity index is 1.46. The number of anilines is 1. The molecule has 2 aromatic heterocycles. The summed E-state index contributed by atoms with van der Waals surface area (Å²) < 4.78 is 1.19. The van der Waals surface area contributed by atoms with Gasteiger partial charge in [0.15, 0.2) is 0 Å². The van der Waals surface area contributed by atoms with Crippen molar-refractivity contribution in [2.45, 2.75) is 37.8 Å². The Labute approximate surface area is 134 Å². The summed E-state index contributed by atoms with van der Waals surface area (Å²) in [7, 11) is 0. The van der Waals surface area contributed by atoms with Crippen LogP contribution < -0.4 is 4.90 Å². The van der Waals surface area contributed by atoms with Crippen LogP contribution >= 0.6 is 11.3 Å². The maximum absolute atomic E-state index is 10.2. The predicted octanol–water partition coefficient (Wildman–Crippen LogP) is 2.12. The topological polar surface area (TPSA) is 52.5 Å². The average Bonchev–Trinajstić information content (AvgIpc) is 3.04. The lowest BCUT2D eigenvalue weighted by Gasteiger charge is -2.43. The Hall–Kier alpha value is -1.24. The lowest BCUT2D eigenvalue weighted by molar-refractivity contribution is 0.0173. The maximum atomic E-state index is 10.2. The van der Waals surface area contributed by atoms with Gasteiger partial charge in [0.25, 0.3) is 0 Å². The first-order chi connectivity index (χ1) is 10.8. The molecule has 4 rings (SSSR count). The van der Waals surface area contributed by atoms with Crippen LogP contribution in [0.2, 0.25) is 0 Å². The number of hydrogen-bond donors (Lipinski definition) is 1. The minimum Gasteiger partial charge on any atom is -0.391 e. The molecule has 1 aliphatic carbocycles. The van der Waals surface area contributed by atoms with E-state index < -0.39 is 0 Å². The minimum atomic E-state index is -0.136. The van der Waals surface area contributed by atoms with Crippen molar-refractivity contribution in [1.29, 1.82) is 0 Å². The lowest BCUT2D eigenvalue weighted by atomic mass is 9.91. The van der Waals surface area contributed by atoms with Crippen molar-refractivity contribution >= 4 is 27.4 Å². The van der Waals surface area contributed by atoms with Gasteiger partial charge in [0.2, 0.25) is 0 Å². The molecule has 2 aromatic rings. The fraction of sp³-hybridized carbons (Fsp3) is 0.625. The van der Waals surface area contributed by atoms with E-state index in [1.807, 2.05) is 0 Å². The van der Waals surface area contributed by atoms with E-state index in [4.69, 9.17) is 0 Å². The first kappa shape index (κ1) is 14.4. The van der Waals surface area contributed by atoms with Crippen LogP contribution in [0.15, 0.2) is 17.8 Å². The molecule has 0 amide bonds. The molecule has 3 heterocycles. The Morgan fingerprint density at radius 1 is 1.09 bits per heavy atom. The summed E-state index contributed by atoms with van der Waals surface area (Å²) in [6.07, 6.45) is 6.07. The van der Waals surface area contributed by atoms with Gasteiger partial charge in [0, 0.05) is 32.2 Å². The van der Waals surface area contributed by atoms with E-state index in [0.717, 1.165) is 50.4 Å². The van der Waals surface area contributed by atoms with Gasteiger partial charge in [0.05, 0.1) is 16.3 Å². The van der Waals surface area contributed by atoms with Crippen molar-refractivity contribution < 1.29 is 5.11 Å². The van der Waals surface area contributed by atoms with Crippen molar-refractivity contribution in [3.05, 3.63) is 17.8 Å². The van der Waals surface area contributed by atoms with Gasteiger partial charge in [-0.2, -0.15) is 0 Å². The van der Waals surface area contributed by atoms with E-state index in [-0.39, 0.29) is 6.10 Å². The highest BCUT2D eigenvalue weighted by Crippen LogP contribution is 2.30. The second kappa shape index (κ2) is 6.10. The smallest absolute Gasteiger partial charge is 0.150 e. The van der Waals surface area contributed by atoms with Crippen molar-refractivity contribution in [3.8, 4) is 0 Å². The summed E-state index contributed by atoms with van der Waals surface area (Å²) >= 11 is 1.72. The van der Waals surface area contributed by atoms with Crippen molar-refractivity contribution in [2.75, 3.05) is 31.1 Å². The molecule has 22 heavy (non-hydrogen) atoms. The van der Waals surface area contributed by atoms with E-state index in [1.54, 1.807) is 17.7 Å². The van der Waals surface area contributed by atoms with E-state index >= 15 is 0 Å². The fourth-order valence-corrected chi connectivity index (χ4v) is 4.65. The van der Waals surface area contributed by atoms with Crippen LogP contribution in [0.5, 0.6) is 0 Å². The predicted molar refractivity (Wildman–Crippen MR) is 89.5 cm³/mol. The van der Waals surface area contributed by atoms with Gasteiger partial charge in [-0.15, -0.1) is 11.3 Å². The SMILES string of the molecule is OC1CCCCC1N1CCN(c2ncnc3ccsc23)CC1. The molecule has 1 N–H and O–H groups in total. The summed E-state index contributed by atoms with van der Waals surface area (Å²) in [6.45, 7) is 3.98. The Morgan fingerprint density at radius 3 is 2.73 bits per heavy atom. The van der Waals surface area contributed by atoms with Crippen LogP contribution in [-0.4, -0.2) is 58.3 Å². The van der Waals surface area contributed by atoms with Crippen molar-refractivity contribution in [2.24, 2.45) is 0 Å². The summed E-state index contributed by atoms with van der Waals surface area (Å²) in [6, 6.07) is 2.42. The van der Waals surface area contributed by atoms with E-state index in [1.165, 1.54) is 17.5 Å². The number of aliphatic hydroxyl groups is 1. The number of hydrogen-bond acceptors (Lipinski definition) is 6. The molecule has 0 bridgehead atoms. The van der Waals surface area contributed by atoms with Gasteiger partial charge in [-0.1, -0.05) is 12.8 Å². The Bertz CT molecular complexity index is 638. The third-order valence-electron chi connectivity index (χ3n) is 5.00. The number of fused-ring (bicyclic) bond motifs is 1. The van der Waals surface area contributed by atoms with Crippen LogP contribution in [0.3, 0.4) is 0 Å². The summed E-state index contributed by atoms with van der Waals surface area (Å²) in [5.41, 5.74) is 1.04. The quantitative estimate of drug-likeness (QED) is 0.919. The Kier molecular flexibility index (Phi) is 3.98. The van der Waals surface area contributed by atoms with Crippen molar-refractivity contribution in [1.82, 2.24) is 14.9 Å². The number of piperazine rings is 1. The van der Waals surface area contributed by atoms with Gasteiger partial charge in [0.1, 0.15) is 12.1 Å². The van der Waals surface area contributed by atoms with Crippen LogP contribution in [0.4, 0.5) is 5.82 Å². The third kappa shape index (κ3) is 2.59. The van der Waals surface area contributed by atoms with E-state index in [0.29, 0.717) is 6.04 Å². The number of thiophene rings is 1. The van der Waals surface area contributed by atoms with Gasteiger partial charge < -0.3 is 10.0 Å². The zero-order valence-electron chi connectivity index (χ0n) is 12.7. The first-order valence-electron chi connectivity index (χ1n) is 8.18. The molecular weight excluding hydrogens is 296 g/mol. The standard InChI is InChI=1S/C16H22N4OS/c21-14-4-2-1-3-13(14)19-6-8-20(9-7-19)16-15-12(5-10-22-15)17-11-18-16/h5,10-11,13-14,21H,1-4,6-9H2. The number of rotatable bonds is 2. The number of aromatic nitrogens is 2. The van der Waals surface area contributed by atoms with Crippen LogP contribution in [0.25, 0.3) is 10.2 Å². The largest absolute Gasteiger partial charge is 0.391 e. The molecule has 6 heteroatoms. The fourth-order valence-electron chi connectivity index (χ4n) is 3.78. The second-order valence-electron chi connectivity index (χ2n) is 6.27. The molecule has 1 saturated carbocycles. The molecule has 5 nitrogen and oxygen atoms in total. The zero-order valence-corrected chi connectivity index (χ0v) is 13.5. The molecular formula is C16H22N4OS. The summed E-state index contributed by atoms with van der Waals surface area (Å²) in [5.74, 6) is 1.07. The molecule has 1 aliphatic heterocycles. The molecule has 1 saturated heterocycles. The van der Waals surface area contributed by atoms with Gasteiger partial charge in [-0.3, -0.25) is 4.90 Å². The highest BCUT2D eigenvalue weighted by molar-refractivity contribution is 7.17. The monoisotopic (exact) mass is 318 g/mol. The first-order valence-corrected chi connectivity index (χ1v) is 9.06. The summed E-state index contributed by atoms with van der Waals surface area (Å²) in [5, 5.41) is 12.3. The van der Waals surface area contributed by atoms with Crippen LogP contribution in [0, 0.1) is 0 Å². The van der Waals surface area contributed by atoms with Gasteiger partial charge >= 0.3 is 0 Å². The third-order valence-corrected chi connectivity index (χ3v) is 5.90. The molecule has 2 unspecified atom stereocenters. The summed E-state index contributed by atoms with van der Waals surface area (Å²) in [4.78, 5) is 13.7. The van der Waals surface area contributed by atoms with Crippen LogP contribution in [-0.2, 0) is 0 Å². The highest BCUT2D eigenvalue weighted by atomic mass is 32.1. The molecule has 0 radical (unpaired) electrons. The molecule has 0 spiro atoms.